The van der Waals surface area contributed by atoms with Gasteiger partial charge in [-0.15, -0.1) is 0 Å². The van der Waals surface area contributed by atoms with Gasteiger partial charge in [0.25, 0.3) is 0 Å². The number of pyridine rings is 1. The number of hydrogen-bond acceptors (Lipinski definition) is 2. The summed E-state index contributed by atoms with van der Waals surface area (Å²) in [6.45, 7) is 0.718. The molecule has 1 rings (SSSR count). The molecule has 0 bridgehead atoms. The van der Waals surface area contributed by atoms with E-state index in [2.05, 4.69) is 0 Å². The molecule has 0 saturated heterocycles. The first kappa shape index (κ1) is 17.1. The van der Waals surface area contributed by atoms with Gasteiger partial charge in [-0.25, -0.2) is 9.36 Å². The minimum absolute atomic E-state index is 0.175. The number of carbonyl (C=O) groups is 2. The number of quaternary nitrogens is 1. The molecule has 0 unspecified atom stereocenters. The van der Waals surface area contributed by atoms with Crippen LogP contribution in [0.25, 0.3) is 0 Å². The number of aromatic nitrogens is 1. The average Bonchev–Trinajstić information content (AvgIpc) is 2.25. The lowest BCUT2D eigenvalue weighted by molar-refractivity contribution is -0.862. The molecule has 1 aromatic rings. The van der Waals surface area contributed by atoms with E-state index in [4.69, 9.17) is 10.2 Å². The number of likely N-dealkylation sites (N-methyl/N-ethyl adjacent to an activating group) is 1. The Balaban J connectivity index is 0.000000362. The fourth-order valence-corrected chi connectivity index (χ4v) is 1.21. The van der Waals surface area contributed by atoms with Crippen LogP contribution in [0.5, 0.6) is 0 Å². The molecule has 0 aliphatic rings. The van der Waals surface area contributed by atoms with Crippen molar-refractivity contribution in [3.8, 4) is 0 Å². The van der Waals surface area contributed by atoms with E-state index in [1.54, 1.807) is 0 Å². The molecule has 0 radical (unpaired) electrons. The van der Waals surface area contributed by atoms with Crippen molar-refractivity contribution in [1.29, 1.82) is 0 Å². The lowest BCUT2D eigenvalue weighted by Crippen LogP contribution is -2.39. The standard InChI is InChI=1S/C8H9NO2.C5H11NO2/c10-8(11)4-7-9-5-2-1-3-6-9;1-6(2,3)4-5(7)8/h1-3,5-6H,4,7H2;4H2,1-3H3/p+2. The summed E-state index contributed by atoms with van der Waals surface area (Å²) in [4.78, 5) is 20.2. The molecule has 0 aliphatic heterocycles. The van der Waals surface area contributed by atoms with Gasteiger partial charge in [-0.1, -0.05) is 6.07 Å². The highest BCUT2D eigenvalue weighted by molar-refractivity contribution is 5.67. The normalized spacial score (nSPS) is 10.3. The van der Waals surface area contributed by atoms with Gasteiger partial charge >= 0.3 is 11.9 Å². The second-order valence-electron chi connectivity index (χ2n) is 5.10. The molecule has 0 fully saturated rings. The van der Waals surface area contributed by atoms with Crippen LogP contribution in [0.1, 0.15) is 6.42 Å². The Morgan fingerprint density at radius 3 is 1.84 bits per heavy atom. The first-order chi connectivity index (χ1) is 8.70. The highest BCUT2D eigenvalue weighted by atomic mass is 16.4. The maximum Gasteiger partial charge on any atom is 0.359 e. The Hall–Kier alpha value is -1.95. The summed E-state index contributed by atoms with van der Waals surface area (Å²) >= 11 is 0. The summed E-state index contributed by atoms with van der Waals surface area (Å²) in [6.07, 6.45) is 3.88. The van der Waals surface area contributed by atoms with Gasteiger partial charge in [0.05, 0.1) is 21.1 Å². The van der Waals surface area contributed by atoms with E-state index >= 15 is 0 Å². The highest BCUT2D eigenvalue weighted by Crippen LogP contribution is 1.86. The van der Waals surface area contributed by atoms with E-state index in [-0.39, 0.29) is 13.0 Å². The number of carboxylic acids is 2. The molecule has 0 aliphatic carbocycles. The molecule has 6 heteroatoms. The lowest BCUT2D eigenvalue weighted by Gasteiger charge is -2.20. The van der Waals surface area contributed by atoms with Gasteiger partial charge in [0.15, 0.2) is 25.5 Å². The summed E-state index contributed by atoms with van der Waals surface area (Å²) in [5, 5.41) is 16.6. The van der Waals surface area contributed by atoms with Crippen LogP contribution in [0.4, 0.5) is 0 Å². The predicted molar refractivity (Wildman–Crippen MR) is 69.4 cm³/mol. The van der Waals surface area contributed by atoms with E-state index in [1.807, 2.05) is 56.3 Å². The smallest absolute Gasteiger partial charge is 0.359 e. The van der Waals surface area contributed by atoms with E-state index < -0.39 is 11.9 Å². The van der Waals surface area contributed by atoms with Crippen molar-refractivity contribution in [1.82, 2.24) is 0 Å². The molecular formula is C13H22N2O4+2. The average molecular weight is 270 g/mol. The molecule has 0 atom stereocenters. The number of rotatable bonds is 5. The zero-order valence-electron chi connectivity index (χ0n) is 11.6. The first-order valence-electron chi connectivity index (χ1n) is 5.89. The molecule has 0 amide bonds. The van der Waals surface area contributed by atoms with Crippen LogP contribution in [0, 0.1) is 0 Å². The van der Waals surface area contributed by atoms with E-state index in [0.29, 0.717) is 11.0 Å². The van der Waals surface area contributed by atoms with E-state index in [9.17, 15) is 9.59 Å². The van der Waals surface area contributed by atoms with Crippen molar-refractivity contribution in [2.75, 3.05) is 27.7 Å². The molecule has 6 nitrogen and oxygen atoms in total. The molecule has 1 heterocycles. The van der Waals surface area contributed by atoms with Crippen LogP contribution in [-0.4, -0.2) is 54.3 Å². The Morgan fingerprint density at radius 2 is 1.53 bits per heavy atom. The zero-order chi connectivity index (χ0) is 14.9. The predicted octanol–water partition coefficient (Wildman–Crippen LogP) is 0.226. The fraction of sp³-hybridized carbons (Fsp3) is 0.462. The summed E-state index contributed by atoms with van der Waals surface area (Å²) < 4.78 is 2.32. The SMILES string of the molecule is C[N+](C)(C)CC(=O)O.O=C(O)CC[n+]1ccccc1. The second-order valence-corrected chi connectivity index (χ2v) is 5.10. The van der Waals surface area contributed by atoms with Gasteiger partial charge < -0.3 is 14.7 Å². The van der Waals surface area contributed by atoms with Gasteiger partial charge in [-0.05, 0) is 0 Å². The van der Waals surface area contributed by atoms with Gasteiger partial charge in [0.2, 0.25) is 0 Å². The monoisotopic (exact) mass is 270 g/mol. The minimum atomic E-state index is -0.763. The summed E-state index contributed by atoms with van der Waals surface area (Å²) in [6, 6.07) is 5.65. The molecule has 0 spiro atoms. The van der Waals surface area contributed by atoms with Crippen LogP contribution in [-0.2, 0) is 16.1 Å². The Labute approximate surface area is 113 Å². The van der Waals surface area contributed by atoms with Gasteiger partial charge in [0.1, 0.15) is 6.42 Å². The van der Waals surface area contributed by atoms with Crippen molar-refractivity contribution in [3.05, 3.63) is 30.6 Å². The van der Waals surface area contributed by atoms with Crippen LogP contribution in [0.15, 0.2) is 30.6 Å². The van der Waals surface area contributed by atoms with Crippen molar-refractivity contribution in [2.45, 2.75) is 13.0 Å². The van der Waals surface area contributed by atoms with E-state index in [1.165, 1.54) is 0 Å². The summed E-state index contributed by atoms with van der Waals surface area (Å²) in [5.41, 5.74) is 0. The highest BCUT2D eigenvalue weighted by Gasteiger charge is 2.11. The third kappa shape index (κ3) is 12.3. The maximum atomic E-state index is 10.2. The zero-order valence-corrected chi connectivity index (χ0v) is 11.6. The Kier molecular flexibility index (Phi) is 7.36. The molecule has 0 aromatic carbocycles. The van der Waals surface area contributed by atoms with Gasteiger partial charge in [-0.2, -0.15) is 0 Å². The third-order valence-electron chi connectivity index (χ3n) is 1.97. The number of aryl methyl sites for hydroxylation is 1. The number of hydrogen-bond donors (Lipinski definition) is 2. The lowest BCUT2D eigenvalue weighted by atomic mass is 10.4. The third-order valence-corrected chi connectivity index (χ3v) is 1.97. The fourth-order valence-electron chi connectivity index (χ4n) is 1.21. The van der Waals surface area contributed by atoms with Crippen molar-refractivity contribution in [2.24, 2.45) is 0 Å². The Bertz CT molecular complexity index is 399. The molecule has 106 valence electrons. The van der Waals surface area contributed by atoms with Crippen molar-refractivity contribution >= 4 is 11.9 Å². The maximum absolute atomic E-state index is 10.2. The van der Waals surface area contributed by atoms with E-state index in [0.717, 1.165) is 0 Å². The second kappa shape index (κ2) is 8.20. The van der Waals surface area contributed by atoms with Crippen LogP contribution in [0.2, 0.25) is 0 Å². The molecule has 2 N–H and O–H groups in total. The number of carboxylic acid groups (broad SMARTS) is 2. The summed E-state index contributed by atoms with van der Waals surface area (Å²) in [5.74, 6) is -1.51. The first-order valence-corrected chi connectivity index (χ1v) is 5.89. The van der Waals surface area contributed by atoms with Crippen molar-refractivity contribution < 1.29 is 28.9 Å². The summed E-state index contributed by atoms with van der Waals surface area (Å²) in [7, 11) is 5.52. The molecule has 1 aromatic heterocycles. The number of aliphatic carboxylic acids is 2. The molecular weight excluding hydrogens is 248 g/mol. The molecule has 0 saturated carbocycles. The van der Waals surface area contributed by atoms with Crippen LogP contribution < -0.4 is 4.57 Å². The van der Waals surface area contributed by atoms with Gasteiger partial charge in [0, 0.05) is 12.1 Å². The minimum Gasteiger partial charge on any atom is -0.481 e. The molecule has 19 heavy (non-hydrogen) atoms. The Morgan fingerprint density at radius 1 is 1.00 bits per heavy atom. The van der Waals surface area contributed by atoms with Crippen LogP contribution in [0.3, 0.4) is 0 Å². The number of nitrogens with zero attached hydrogens (tertiary/aromatic N) is 2. The van der Waals surface area contributed by atoms with Crippen molar-refractivity contribution in [3.63, 3.8) is 0 Å². The quantitative estimate of drug-likeness (QED) is 0.593. The topological polar surface area (TPSA) is 78.5 Å². The largest absolute Gasteiger partial charge is 0.481 e. The van der Waals surface area contributed by atoms with Crippen LogP contribution >= 0.6 is 0 Å². The van der Waals surface area contributed by atoms with Gasteiger partial charge in [-0.3, -0.25) is 4.79 Å².